The van der Waals surface area contributed by atoms with Gasteiger partial charge in [0.15, 0.2) is 16.8 Å². The third kappa shape index (κ3) is 8.33. The van der Waals surface area contributed by atoms with Gasteiger partial charge in [-0.2, -0.15) is 5.10 Å². The minimum absolute atomic E-state index is 0.0304. The van der Waals surface area contributed by atoms with E-state index in [1.165, 1.54) is 37.0 Å². The maximum Gasteiger partial charge on any atom is 0.303 e. The number of carbonyl (C=O) groups excluding carboxylic acids is 1. The summed E-state index contributed by atoms with van der Waals surface area (Å²) in [6, 6.07) is 16.9. The molecule has 0 bridgehead atoms. The molecule has 0 saturated heterocycles. The first-order chi connectivity index (χ1) is 20.3. The second-order valence-corrected chi connectivity index (χ2v) is 13.4. The number of carbonyl (C=O) groups is 2. The van der Waals surface area contributed by atoms with Crippen molar-refractivity contribution < 1.29 is 23.6 Å². The van der Waals surface area contributed by atoms with Gasteiger partial charge in [0.2, 0.25) is 5.91 Å². The molecule has 2 heterocycles. The van der Waals surface area contributed by atoms with Crippen molar-refractivity contribution in [3.05, 3.63) is 70.1 Å². The van der Waals surface area contributed by atoms with Crippen LogP contribution in [0.4, 0.5) is 5.82 Å². The average molecular weight is 631 g/mol. The minimum Gasteiger partial charge on any atom is -0.496 e. The van der Waals surface area contributed by atoms with Gasteiger partial charge in [0.05, 0.1) is 28.9 Å². The van der Waals surface area contributed by atoms with Crippen molar-refractivity contribution in [1.82, 2.24) is 15.1 Å². The van der Waals surface area contributed by atoms with Gasteiger partial charge in [-0.15, -0.1) is 11.3 Å². The molecule has 4 aromatic rings. The summed E-state index contributed by atoms with van der Waals surface area (Å²) in [6.45, 7) is 0.777. The van der Waals surface area contributed by atoms with E-state index in [0.29, 0.717) is 39.6 Å². The predicted octanol–water partition coefficient (Wildman–Crippen LogP) is 6.40. The van der Waals surface area contributed by atoms with Crippen LogP contribution in [0.2, 0.25) is 4.34 Å². The number of hydrogen-bond acceptors (Lipinski definition) is 6. The molecule has 1 saturated carbocycles. The topological polar surface area (TPSA) is 114 Å². The molecule has 0 aliphatic heterocycles. The smallest absolute Gasteiger partial charge is 0.303 e. The van der Waals surface area contributed by atoms with E-state index in [1.54, 1.807) is 30.6 Å². The monoisotopic (exact) mass is 630 g/mol. The third-order valence-electron chi connectivity index (χ3n) is 6.82. The Balaban J connectivity index is 0.000000932. The van der Waals surface area contributed by atoms with E-state index in [4.69, 9.17) is 26.5 Å². The van der Waals surface area contributed by atoms with Crippen LogP contribution < -0.4 is 14.4 Å². The molecule has 2 N–H and O–H groups in total. The summed E-state index contributed by atoms with van der Waals surface area (Å²) in [5.74, 6) is 0.0431. The number of rotatable bonds is 12. The van der Waals surface area contributed by atoms with Gasteiger partial charge in [-0.1, -0.05) is 67.6 Å². The normalized spacial score (nSPS) is 13.0. The largest absolute Gasteiger partial charge is 0.496 e. The number of carboxylic acids is 1. The lowest BCUT2D eigenvalue weighted by Crippen LogP contribution is -2.22. The second-order valence-electron chi connectivity index (χ2n) is 9.90. The van der Waals surface area contributed by atoms with Crippen LogP contribution in [0.15, 0.2) is 58.8 Å². The molecule has 2 aromatic carbocycles. The molecule has 1 aliphatic carbocycles. The number of aliphatic carboxylic acids is 1. The van der Waals surface area contributed by atoms with Gasteiger partial charge in [-0.25, -0.2) is 4.21 Å². The summed E-state index contributed by atoms with van der Waals surface area (Å²) in [6.07, 6.45) is 6.44. The van der Waals surface area contributed by atoms with Crippen LogP contribution in [0.5, 0.6) is 5.75 Å². The molecule has 9 nitrogen and oxygen atoms in total. The zero-order valence-electron chi connectivity index (χ0n) is 23.7. The highest BCUT2D eigenvalue weighted by atomic mass is 35.5. The molecule has 42 heavy (non-hydrogen) atoms. The molecule has 12 heteroatoms. The van der Waals surface area contributed by atoms with Gasteiger partial charge in [0.25, 0.3) is 0 Å². The van der Waals surface area contributed by atoms with E-state index < -0.39 is 17.0 Å². The first-order valence-corrected chi connectivity index (χ1v) is 16.1. The molecule has 1 unspecified atom stereocenters. The van der Waals surface area contributed by atoms with E-state index in [2.05, 4.69) is 5.32 Å². The first-order valence-electron chi connectivity index (χ1n) is 13.8. The number of anilines is 1. The molecular formula is C30H35ClN4O5S2. The fourth-order valence-corrected chi connectivity index (χ4v) is 6.79. The van der Waals surface area contributed by atoms with Crippen LogP contribution in [0.3, 0.4) is 0 Å². The lowest BCUT2D eigenvalue weighted by molar-refractivity contribution is -0.137. The zero-order chi connectivity index (χ0) is 30.1. The highest BCUT2D eigenvalue weighted by molar-refractivity contribution is 7.88. The standard InChI is InChI=1S/C26H27ClN4O5S2.C4H8/c1-30(38(35)24-13-12-21(27)37-24)26-25-19(8-4-9-20(25)36-2)31(29-26)16-18-7-3-6-17(14-18)15-28-22(32)10-5-11-23(33)34;1-2-4-3-1/h3-4,6-9,12-14H,5,10-11,15-16H2,1-2H3,(H,28,32)(H,33,34);1-4H2. The van der Waals surface area contributed by atoms with Crippen molar-refractivity contribution in [1.29, 1.82) is 0 Å². The van der Waals surface area contributed by atoms with Crippen molar-refractivity contribution in [2.75, 3.05) is 18.5 Å². The number of nitrogens with zero attached hydrogens (tertiary/aromatic N) is 3. The van der Waals surface area contributed by atoms with Crippen molar-refractivity contribution in [2.24, 2.45) is 0 Å². The summed E-state index contributed by atoms with van der Waals surface area (Å²) in [4.78, 5) is 22.7. The van der Waals surface area contributed by atoms with E-state index in [-0.39, 0.29) is 18.7 Å². The molecule has 224 valence electrons. The maximum absolute atomic E-state index is 13.3. The van der Waals surface area contributed by atoms with Gasteiger partial charge in [0.1, 0.15) is 9.96 Å². The number of amides is 1. The summed E-state index contributed by atoms with van der Waals surface area (Å²) in [7, 11) is 1.80. The quantitative estimate of drug-likeness (QED) is 0.187. The number of halogens is 1. The Bertz CT molecular complexity index is 1550. The van der Waals surface area contributed by atoms with E-state index in [9.17, 15) is 13.8 Å². The van der Waals surface area contributed by atoms with Crippen molar-refractivity contribution in [3.8, 4) is 5.75 Å². The van der Waals surface area contributed by atoms with Gasteiger partial charge < -0.3 is 15.2 Å². The number of hydrogen-bond donors (Lipinski definition) is 2. The Kier molecular flexibility index (Phi) is 11.4. The van der Waals surface area contributed by atoms with Crippen LogP contribution in [-0.4, -0.2) is 45.1 Å². The van der Waals surface area contributed by atoms with Crippen LogP contribution in [0.25, 0.3) is 10.9 Å². The van der Waals surface area contributed by atoms with Crippen LogP contribution >= 0.6 is 22.9 Å². The number of carboxylic acid groups (broad SMARTS) is 1. The summed E-state index contributed by atoms with van der Waals surface area (Å²) in [5.41, 5.74) is 2.70. The molecule has 1 fully saturated rings. The molecule has 0 spiro atoms. The van der Waals surface area contributed by atoms with E-state index in [1.807, 2.05) is 47.1 Å². The zero-order valence-corrected chi connectivity index (χ0v) is 26.1. The molecular weight excluding hydrogens is 596 g/mol. The van der Waals surface area contributed by atoms with Gasteiger partial charge in [-0.05, 0) is 41.8 Å². The van der Waals surface area contributed by atoms with Crippen LogP contribution in [0.1, 0.15) is 56.1 Å². The van der Waals surface area contributed by atoms with Crippen molar-refractivity contribution in [3.63, 3.8) is 0 Å². The third-order valence-corrected chi connectivity index (χ3v) is 9.67. The Labute approximate surface area is 257 Å². The number of benzene rings is 2. The minimum atomic E-state index is -1.51. The molecule has 1 atom stereocenters. The lowest BCUT2D eigenvalue weighted by atomic mass is 10.0. The number of ether oxygens (including phenoxy) is 1. The van der Waals surface area contributed by atoms with Gasteiger partial charge >= 0.3 is 5.97 Å². The fraction of sp³-hybridized carbons (Fsp3) is 0.367. The van der Waals surface area contributed by atoms with E-state index in [0.717, 1.165) is 22.0 Å². The van der Waals surface area contributed by atoms with Crippen LogP contribution in [0, 0.1) is 0 Å². The predicted molar refractivity (Wildman–Crippen MR) is 168 cm³/mol. The highest BCUT2D eigenvalue weighted by Crippen LogP contribution is 2.36. The van der Waals surface area contributed by atoms with Gasteiger partial charge in [-0.3, -0.25) is 18.6 Å². The summed E-state index contributed by atoms with van der Waals surface area (Å²) in [5, 5.41) is 17.1. The Morgan fingerprint density at radius 1 is 1.10 bits per heavy atom. The Hall–Kier alpha value is -3.41. The van der Waals surface area contributed by atoms with Crippen molar-refractivity contribution in [2.45, 2.75) is 62.2 Å². The van der Waals surface area contributed by atoms with Gasteiger partial charge in [0, 0.05) is 26.4 Å². The molecule has 0 radical (unpaired) electrons. The molecule has 1 aliphatic rings. The van der Waals surface area contributed by atoms with Crippen LogP contribution in [-0.2, 0) is 33.7 Å². The van der Waals surface area contributed by atoms with Crippen molar-refractivity contribution >= 4 is 62.5 Å². The number of fused-ring (bicyclic) bond motifs is 1. The first kappa shape index (κ1) is 31.5. The number of thiophene rings is 1. The Morgan fingerprint density at radius 3 is 2.45 bits per heavy atom. The second kappa shape index (κ2) is 15.2. The summed E-state index contributed by atoms with van der Waals surface area (Å²) < 4.78 is 23.5. The summed E-state index contributed by atoms with van der Waals surface area (Å²) >= 11 is 7.32. The maximum atomic E-state index is 13.3. The number of aromatic nitrogens is 2. The number of nitrogens with one attached hydrogen (secondary N) is 1. The highest BCUT2D eigenvalue weighted by Gasteiger charge is 2.23. The molecule has 2 aromatic heterocycles. The van der Waals surface area contributed by atoms with E-state index >= 15 is 0 Å². The average Bonchev–Trinajstić information content (AvgIpc) is 3.54. The molecule has 5 rings (SSSR count). The lowest BCUT2D eigenvalue weighted by Gasteiger charge is -2.15. The number of methoxy groups -OCH3 is 1. The SMILES string of the molecule is C1CCC1.COc1cccc2c1c(N(C)S(=O)c1ccc(Cl)s1)nn2Cc1cccc(CNC(=O)CCCC(=O)O)c1. The fourth-order valence-electron chi connectivity index (χ4n) is 4.24. The molecule has 1 amide bonds. The Morgan fingerprint density at radius 2 is 1.81 bits per heavy atom.